The highest BCUT2D eigenvalue weighted by Gasteiger charge is 2.23. The molecule has 0 aliphatic carbocycles. The van der Waals surface area contributed by atoms with Gasteiger partial charge in [-0.15, -0.1) is 11.3 Å². The number of hydrogen-bond donors (Lipinski definition) is 0. The molecule has 0 N–H and O–H groups in total. The summed E-state index contributed by atoms with van der Waals surface area (Å²) in [6.45, 7) is 10.2. The van der Waals surface area contributed by atoms with E-state index in [-0.39, 0.29) is 5.41 Å². The maximum atomic E-state index is 5.00. The molecule has 5 aromatic rings. The molecular weight excluding hydrogens is 398 g/mol. The predicted octanol–water partition coefficient (Wildman–Crippen LogP) is 7.41. The smallest absolute Gasteiger partial charge is 0.143 e. The van der Waals surface area contributed by atoms with E-state index in [1.807, 2.05) is 6.20 Å². The monoisotopic (exact) mass is 425 g/mol. The van der Waals surface area contributed by atoms with Gasteiger partial charge in [-0.25, -0.2) is 4.98 Å². The van der Waals surface area contributed by atoms with Crippen molar-refractivity contribution in [2.45, 2.75) is 58.9 Å². The molecule has 4 heterocycles. The first-order chi connectivity index (χ1) is 14.9. The fourth-order valence-corrected chi connectivity index (χ4v) is 6.26. The molecule has 0 saturated heterocycles. The van der Waals surface area contributed by atoms with Gasteiger partial charge in [-0.1, -0.05) is 44.5 Å². The van der Waals surface area contributed by atoms with Gasteiger partial charge in [0.15, 0.2) is 0 Å². The Morgan fingerprint density at radius 2 is 1.87 bits per heavy atom. The molecule has 0 fully saturated rings. The van der Waals surface area contributed by atoms with Gasteiger partial charge in [0.2, 0.25) is 0 Å². The molecule has 2 aromatic carbocycles. The second-order valence-corrected chi connectivity index (χ2v) is 10.9. The van der Waals surface area contributed by atoms with E-state index in [4.69, 9.17) is 9.97 Å². The summed E-state index contributed by atoms with van der Waals surface area (Å²) in [6.07, 6.45) is 5.57. The van der Waals surface area contributed by atoms with Crippen molar-refractivity contribution < 1.29 is 0 Å². The molecule has 0 radical (unpaired) electrons. The zero-order valence-corrected chi connectivity index (χ0v) is 19.4. The first-order valence-corrected chi connectivity index (χ1v) is 12.0. The first-order valence-electron chi connectivity index (χ1n) is 11.2. The number of fused-ring (bicyclic) bond motifs is 6. The SMILES string of the molecule is Cc1ccc2cc(-c3nccc4c3sc3nc5n(c34)CCCC5)cc(C(C)(C)C)c2c1. The number of pyridine rings is 1. The van der Waals surface area contributed by atoms with E-state index >= 15 is 0 Å². The Morgan fingerprint density at radius 1 is 1.00 bits per heavy atom. The van der Waals surface area contributed by atoms with Gasteiger partial charge >= 0.3 is 0 Å². The summed E-state index contributed by atoms with van der Waals surface area (Å²) in [5.41, 5.74) is 6.33. The Hall–Kier alpha value is -2.72. The minimum atomic E-state index is 0.0557. The Morgan fingerprint density at radius 3 is 2.71 bits per heavy atom. The number of aromatic nitrogens is 3. The number of nitrogens with zero attached hydrogens (tertiary/aromatic N) is 3. The van der Waals surface area contributed by atoms with E-state index in [1.165, 1.54) is 61.7 Å². The van der Waals surface area contributed by atoms with Crippen molar-refractivity contribution in [2.24, 2.45) is 0 Å². The van der Waals surface area contributed by atoms with Crippen LogP contribution in [0.2, 0.25) is 0 Å². The van der Waals surface area contributed by atoms with Gasteiger partial charge < -0.3 is 4.57 Å². The van der Waals surface area contributed by atoms with Crippen LogP contribution in [-0.2, 0) is 18.4 Å². The maximum absolute atomic E-state index is 5.00. The normalized spacial score (nSPS) is 14.6. The van der Waals surface area contributed by atoms with Crippen molar-refractivity contribution in [2.75, 3.05) is 0 Å². The first kappa shape index (κ1) is 19.0. The summed E-state index contributed by atoms with van der Waals surface area (Å²) >= 11 is 1.80. The van der Waals surface area contributed by atoms with Crippen LogP contribution in [0.4, 0.5) is 0 Å². The summed E-state index contributed by atoms with van der Waals surface area (Å²) < 4.78 is 3.71. The zero-order chi connectivity index (χ0) is 21.3. The van der Waals surface area contributed by atoms with Crippen LogP contribution in [0.25, 0.3) is 42.5 Å². The minimum Gasteiger partial charge on any atom is -0.327 e. The third-order valence-corrected chi connectivity index (χ3v) is 7.69. The number of aryl methyl sites for hydroxylation is 3. The Balaban J connectivity index is 1.64. The van der Waals surface area contributed by atoms with Crippen molar-refractivity contribution in [1.29, 1.82) is 0 Å². The van der Waals surface area contributed by atoms with Crippen LogP contribution in [0.15, 0.2) is 42.6 Å². The van der Waals surface area contributed by atoms with E-state index in [1.54, 1.807) is 11.3 Å². The van der Waals surface area contributed by atoms with Gasteiger partial charge in [0.25, 0.3) is 0 Å². The molecule has 6 rings (SSSR count). The molecule has 0 saturated carbocycles. The zero-order valence-electron chi connectivity index (χ0n) is 18.6. The fourth-order valence-electron chi connectivity index (χ4n) is 5.06. The van der Waals surface area contributed by atoms with Crippen molar-refractivity contribution in [3.63, 3.8) is 0 Å². The summed E-state index contributed by atoms with van der Waals surface area (Å²) in [5.74, 6) is 1.25. The average Bonchev–Trinajstić information content (AvgIpc) is 3.28. The molecule has 0 spiro atoms. The molecule has 0 atom stereocenters. The lowest BCUT2D eigenvalue weighted by Crippen LogP contribution is -2.12. The van der Waals surface area contributed by atoms with Crippen LogP contribution in [0, 0.1) is 6.92 Å². The van der Waals surface area contributed by atoms with Gasteiger partial charge in [-0.3, -0.25) is 4.98 Å². The van der Waals surface area contributed by atoms with Crippen molar-refractivity contribution in [3.05, 3.63) is 59.5 Å². The summed E-state index contributed by atoms with van der Waals surface area (Å²) in [7, 11) is 0. The third kappa shape index (κ3) is 2.92. The number of hydrogen-bond acceptors (Lipinski definition) is 3. The van der Waals surface area contributed by atoms with Crippen LogP contribution in [-0.4, -0.2) is 14.5 Å². The van der Waals surface area contributed by atoms with Crippen LogP contribution in [0.3, 0.4) is 0 Å². The molecule has 0 amide bonds. The second-order valence-electron chi connectivity index (χ2n) is 9.93. The number of thiophene rings is 1. The number of imidazole rings is 1. The third-order valence-electron chi connectivity index (χ3n) is 6.60. The quantitative estimate of drug-likeness (QED) is 0.280. The van der Waals surface area contributed by atoms with Crippen LogP contribution in [0.1, 0.15) is 50.6 Å². The molecule has 0 unspecified atom stereocenters. The van der Waals surface area contributed by atoms with Gasteiger partial charge in [-0.05, 0) is 59.7 Å². The van der Waals surface area contributed by atoms with Crippen molar-refractivity contribution >= 4 is 42.5 Å². The number of benzene rings is 2. The lowest BCUT2D eigenvalue weighted by atomic mass is 9.82. The van der Waals surface area contributed by atoms with E-state index in [2.05, 4.69) is 68.7 Å². The molecule has 31 heavy (non-hydrogen) atoms. The van der Waals surface area contributed by atoms with E-state index < -0.39 is 0 Å². The lowest BCUT2D eigenvalue weighted by Gasteiger charge is -2.23. The summed E-state index contributed by atoms with van der Waals surface area (Å²) in [6, 6.07) is 13.6. The highest BCUT2D eigenvalue weighted by molar-refractivity contribution is 7.25. The molecule has 156 valence electrons. The topological polar surface area (TPSA) is 30.7 Å². The van der Waals surface area contributed by atoms with Gasteiger partial charge in [0.05, 0.1) is 15.9 Å². The van der Waals surface area contributed by atoms with Crippen molar-refractivity contribution in [3.8, 4) is 11.3 Å². The Labute approximate surface area is 186 Å². The summed E-state index contributed by atoms with van der Waals surface area (Å²) in [4.78, 5) is 11.0. The van der Waals surface area contributed by atoms with Crippen LogP contribution < -0.4 is 0 Å². The van der Waals surface area contributed by atoms with Gasteiger partial charge in [-0.2, -0.15) is 0 Å². The van der Waals surface area contributed by atoms with E-state index in [0.717, 1.165) is 23.5 Å². The highest BCUT2D eigenvalue weighted by atomic mass is 32.1. The predicted molar refractivity (Wildman–Crippen MR) is 132 cm³/mol. The van der Waals surface area contributed by atoms with Gasteiger partial charge in [0.1, 0.15) is 10.7 Å². The van der Waals surface area contributed by atoms with Crippen LogP contribution >= 0.6 is 11.3 Å². The van der Waals surface area contributed by atoms with Crippen LogP contribution in [0.5, 0.6) is 0 Å². The molecule has 1 aliphatic heterocycles. The van der Waals surface area contributed by atoms with E-state index in [9.17, 15) is 0 Å². The largest absolute Gasteiger partial charge is 0.327 e. The summed E-state index contributed by atoms with van der Waals surface area (Å²) in [5, 5.41) is 3.93. The number of rotatable bonds is 1. The highest BCUT2D eigenvalue weighted by Crippen LogP contribution is 2.42. The fraction of sp³-hybridized carbons (Fsp3) is 0.333. The Bertz CT molecular complexity index is 1480. The molecule has 1 aliphatic rings. The molecular formula is C27H27N3S. The maximum Gasteiger partial charge on any atom is 0.143 e. The standard InChI is InChI=1S/C27H27N3S/c1-16-8-9-17-14-18(15-21(20(17)13-16)27(2,3)4)23-25-19(10-11-28-23)24-26(31-25)29-22-7-5-6-12-30(22)24/h8-11,13-15H,5-7,12H2,1-4H3. The molecule has 0 bridgehead atoms. The molecule has 3 nitrogen and oxygen atoms in total. The van der Waals surface area contributed by atoms with Gasteiger partial charge in [0, 0.05) is 30.1 Å². The average molecular weight is 426 g/mol. The molecule has 3 aromatic heterocycles. The Kier molecular flexibility index (Phi) is 4.07. The minimum absolute atomic E-state index is 0.0557. The molecule has 4 heteroatoms. The lowest BCUT2D eigenvalue weighted by molar-refractivity contribution is 0.533. The van der Waals surface area contributed by atoms with E-state index in [0.29, 0.717) is 0 Å². The van der Waals surface area contributed by atoms with Crippen molar-refractivity contribution in [1.82, 2.24) is 14.5 Å². The second kappa shape index (κ2) is 6.64.